The fraction of sp³-hybridized carbons (Fsp3) is 0.467. The van der Waals surface area contributed by atoms with E-state index in [-0.39, 0.29) is 0 Å². The Morgan fingerprint density at radius 3 is 2.69 bits per heavy atom. The van der Waals surface area contributed by atoms with Crippen LogP contribution in [0.25, 0.3) is 0 Å². The topological polar surface area (TPSA) is 9.23 Å². The molecular weight excluding hydrogens is 196 g/mol. The summed E-state index contributed by atoms with van der Waals surface area (Å²) in [4.78, 5) is 0. The summed E-state index contributed by atoms with van der Waals surface area (Å²) in [5.74, 6) is 1.05. The van der Waals surface area contributed by atoms with Crippen LogP contribution in [0.3, 0.4) is 0 Å². The molecule has 0 bridgehead atoms. The van der Waals surface area contributed by atoms with Crippen LogP contribution in [0.15, 0.2) is 36.9 Å². The molecular formula is C15H20O. The van der Waals surface area contributed by atoms with Crippen LogP contribution in [0.5, 0.6) is 5.75 Å². The number of rotatable bonds is 4. The molecule has 1 fully saturated rings. The molecule has 0 saturated heterocycles. The molecule has 0 unspecified atom stereocenters. The molecule has 0 atom stereocenters. The Morgan fingerprint density at radius 1 is 1.19 bits per heavy atom. The van der Waals surface area contributed by atoms with Crippen molar-refractivity contribution in [1.82, 2.24) is 0 Å². The average molecular weight is 216 g/mol. The second kappa shape index (κ2) is 5.74. The Labute approximate surface area is 98.1 Å². The van der Waals surface area contributed by atoms with Crippen LogP contribution in [0, 0.1) is 0 Å². The second-order valence-corrected chi connectivity index (χ2v) is 4.48. The van der Waals surface area contributed by atoms with Gasteiger partial charge in [-0.05, 0) is 43.7 Å². The van der Waals surface area contributed by atoms with Gasteiger partial charge in [0, 0.05) is 0 Å². The van der Waals surface area contributed by atoms with E-state index in [4.69, 9.17) is 4.74 Å². The SMILES string of the molecule is C=CCc1ccccc1OC1CCCCC1. The molecule has 0 spiro atoms. The Hall–Kier alpha value is -1.24. The first kappa shape index (κ1) is 11.3. The molecule has 16 heavy (non-hydrogen) atoms. The third-order valence-corrected chi connectivity index (χ3v) is 3.18. The molecule has 1 saturated carbocycles. The van der Waals surface area contributed by atoms with Crippen molar-refractivity contribution in [3.8, 4) is 5.75 Å². The Balaban J connectivity index is 2.04. The predicted octanol–water partition coefficient (Wildman–Crippen LogP) is 4.13. The first-order valence-corrected chi connectivity index (χ1v) is 6.25. The van der Waals surface area contributed by atoms with E-state index in [9.17, 15) is 0 Å². The summed E-state index contributed by atoms with van der Waals surface area (Å²) in [6, 6.07) is 8.31. The average Bonchev–Trinajstić information content (AvgIpc) is 2.33. The second-order valence-electron chi connectivity index (χ2n) is 4.48. The van der Waals surface area contributed by atoms with Crippen molar-refractivity contribution >= 4 is 0 Å². The van der Waals surface area contributed by atoms with E-state index in [2.05, 4.69) is 24.8 Å². The molecule has 2 rings (SSSR count). The van der Waals surface area contributed by atoms with Crippen LogP contribution in [-0.2, 0) is 6.42 Å². The van der Waals surface area contributed by atoms with Crippen molar-refractivity contribution < 1.29 is 4.74 Å². The van der Waals surface area contributed by atoms with E-state index in [0.717, 1.165) is 12.2 Å². The maximum absolute atomic E-state index is 6.09. The molecule has 0 aromatic heterocycles. The zero-order valence-corrected chi connectivity index (χ0v) is 9.82. The first-order valence-electron chi connectivity index (χ1n) is 6.25. The highest BCUT2D eigenvalue weighted by Gasteiger charge is 2.15. The third-order valence-electron chi connectivity index (χ3n) is 3.18. The molecule has 0 N–H and O–H groups in total. The zero-order valence-electron chi connectivity index (χ0n) is 9.82. The van der Waals surface area contributed by atoms with E-state index < -0.39 is 0 Å². The maximum Gasteiger partial charge on any atom is 0.123 e. The molecule has 1 aliphatic carbocycles. The van der Waals surface area contributed by atoms with Crippen LogP contribution in [0.2, 0.25) is 0 Å². The van der Waals surface area contributed by atoms with Crippen LogP contribution in [0.4, 0.5) is 0 Å². The van der Waals surface area contributed by atoms with E-state index in [1.54, 1.807) is 0 Å². The summed E-state index contributed by atoms with van der Waals surface area (Å²) in [6.45, 7) is 3.79. The van der Waals surface area contributed by atoms with E-state index in [1.165, 1.54) is 37.7 Å². The lowest BCUT2D eigenvalue weighted by atomic mass is 9.97. The minimum absolute atomic E-state index is 0.430. The lowest BCUT2D eigenvalue weighted by molar-refractivity contribution is 0.154. The lowest BCUT2D eigenvalue weighted by Gasteiger charge is -2.24. The van der Waals surface area contributed by atoms with Crippen LogP contribution < -0.4 is 4.74 Å². The standard InChI is InChI=1S/C15H20O/c1-2-8-13-9-6-7-12-15(13)16-14-10-4-3-5-11-14/h2,6-7,9,12,14H,1,3-5,8,10-11H2. The summed E-state index contributed by atoms with van der Waals surface area (Å²) in [5, 5.41) is 0. The van der Waals surface area contributed by atoms with Gasteiger partial charge >= 0.3 is 0 Å². The van der Waals surface area contributed by atoms with Gasteiger partial charge in [0.2, 0.25) is 0 Å². The highest BCUT2D eigenvalue weighted by molar-refractivity contribution is 5.34. The van der Waals surface area contributed by atoms with Gasteiger partial charge < -0.3 is 4.74 Å². The number of ether oxygens (including phenoxy) is 1. The minimum Gasteiger partial charge on any atom is -0.490 e. The summed E-state index contributed by atoms with van der Waals surface area (Å²) in [7, 11) is 0. The van der Waals surface area contributed by atoms with Crippen molar-refractivity contribution in [2.45, 2.75) is 44.6 Å². The van der Waals surface area contributed by atoms with Crippen molar-refractivity contribution in [3.63, 3.8) is 0 Å². The van der Waals surface area contributed by atoms with Crippen molar-refractivity contribution in [2.75, 3.05) is 0 Å². The van der Waals surface area contributed by atoms with Gasteiger partial charge in [-0.2, -0.15) is 0 Å². The van der Waals surface area contributed by atoms with Gasteiger partial charge in [0.25, 0.3) is 0 Å². The molecule has 1 aromatic rings. The zero-order chi connectivity index (χ0) is 11.2. The highest BCUT2D eigenvalue weighted by Crippen LogP contribution is 2.26. The van der Waals surface area contributed by atoms with Gasteiger partial charge in [-0.25, -0.2) is 0 Å². The number of para-hydroxylation sites is 1. The van der Waals surface area contributed by atoms with Gasteiger partial charge in [-0.1, -0.05) is 30.7 Å². The quantitative estimate of drug-likeness (QED) is 0.688. The van der Waals surface area contributed by atoms with Crippen molar-refractivity contribution in [2.24, 2.45) is 0 Å². The highest BCUT2D eigenvalue weighted by atomic mass is 16.5. The molecule has 0 heterocycles. The third kappa shape index (κ3) is 2.88. The fourth-order valence-corrected chi connectivity index (χ4v) is 2.31. The Kier molecular flexibility index (Phi) is 4.03. The maximum atomic E-state index is 6.09. The molecule has 1 nitrogen and oxygen atoms in total. The van der Waals surface area contributed by atoms with Gasteiger partial charge in [0.05, 0.1) is 6.10 Å². The number of hydrogen-bond acceptors (Lipinski definition) is 1. The minimum atomic E-state index is 0.430. The number of benzene rings is 1. The van der Waals surface area contributed by atoms with Gasteiger partial charge in [0.15, 0.2) is 0 Å². The van der Waals surface area contributed by atoms with Gasteiger partial charge in [0.1, 0.15) is 5.75 Å². The monoisotopic (exact) mass is 216 g/mol. The summed E-state index contributed by atoms with van der Waals surface area (Å²) >= 11 is 0. The largest absolute Gasteiger partial charge is 0.490 e. The van der Waals surface area contributed by atoms with Gasteiger partial charge in [-0.15, -0.1) is 6.58 Å². The summed E-state index contributed by atoms with van der Waals surface area (Å²) in [6.07, 6.45) is 9.67. The number of hydrogen-bond donors (Lipinski definition) is 0. The molecule has 1 heteroatoms. The van der Waals surface area contributed by atoms with Crippen molar-refractivity contribution in [3.05, 3.63) is 42.5 Å². The molecule has 0 aliphatic heterocycles. The van der Waals surface area contributed by atoms with Crippen LogP contribution in [-0.4, -0.2) is 6.10 Å². The summed E-state index contributed by atoms with van der Waals surface area (Å²) < 4.78 is 6.09. The predicted molar refractivity (Wildman–Crippen MR) is 67.8 cm³/mol. The molecule has 86 valence electrons. The lowest BCUT2D eigenvalue weighted by Crippen LogP contribution is -2.20. The molecule has 0 radical (unpaired) electrons. The Bertz CT molecular complexity index is 337. The van der Waals surface area contributed by atoms with E-state index >= 15 is 0 Å². The normalized spacial score (nSPS) is 17.0. The fourth-order valence-electron chi connectivity index (χ4n) is 2.31. The van der Waals surface area contributed by atoms with Crippen molar-refractivity contribution in [1.29, 1.82) is 0 Å². The smallest absolute Gasteiger partial charge is 0.123 e. The van der Waals surface area contributed by atoms with Crippen LogP contribution >= 0.6 is 0 Å². The van der Waals surface area contributed by atoms with E-state index in [1.807, 2.05) is 12.1 Å². The first-order chi connectivity index (χ1) is 7.90. The number of allylic oxidation sites excluding steroid dienone is 1. The molecule has 0 amide bonds. The van der Waals surface area contributed by atoms with Crippen LogP contribution in [0.1, 0.15) is 37.7 Å². The summed E-state index contributed by atoms with van der Waals surface area (Å²) in [5.41, 5.74) is 1.25. The van der Waals surface area contributed by atoms with Gasteiger partial charge in [-0.3, -0.25) is 0 Å². The molecule has 1 aliphatic rings. The Morgan fingerprint density at radius 2 is 1.94 bits per heavy atom. The molecule has 1 aromatic carbocycles. The van der Waals surface area contributed by atoms with E-state index in [0.29, 0.717) is 6.10 Å².